The van der Waals surface area contributed by atoms with E-state index in [1.165, 1.54) is 4.88 Å². The van der Waals surface area contributed by atoms with E-state index < -0.39 is 5.97 Å². The highest BCUT2D eigenvalue weighted by atomic mass is 32.2. The van der Waals surface area contributed by atoms with Crippen molar-refractivity contribution in [1.29, 1.82) is 0 Å². The van der Waals surface area contributed by atoms with E-state index in [0.717, 1.165) is 17.7 Å². The summed E-state index contributed by atoms with van der Waals surface area (Å²) in [6, 6.07) is 9.07. The molecule has 0 aliphatic carbocycles. The van der Waals surface area contributed by atoms with Gasteiger partial charge in [-0.1, -0.05) is 18.2 Å². The Kier molecular flexibility index (Phi) is 4.49. The Hall–Kier alpha value is -1.79. The fourth-order valence-electron chi connectivity index (χ4n) is 2.52. The molecule has 4 nitrogen and oxygen atoms in total. The molecular weight excluding hydrogens is 318 g/mol. The summed E-state index contributed by atoms with van der Waals surface area (Å²) in [4.78, 5) is 24.8. The largest absolute Gasteiger partial charge is 0.481 e. The first-order chi connectivity index (χ1) is 10.6. The van der Waals surface area contributed by atoms with Gasteiger partial charge in [0.25, 0.3) is 0 Å². The summed E-state index contributed by atoms with van der Waals surface area (Å²) >= 11 is 3.33. The molecule has 1 aliphatic heterocycles. The van der Waals surface area contributed by atoms with Crippen molar-refractivity contribution in [1.82, 2.24) is 0 Å². The third-order valence-electron chi connectivity index (χ3n) is 3.53. The van der Waals surface area contributed by atoms with Crippen molar-refractivity contribution in [2.45, 2.75) is 18.1 Å². The summed E-state index contributed by atoms with van der Waals surface area (Å²) in [5.74, 6) is -0.0569. The Balaban J connectivity index is 1.80. The van der Waals surface area contributed by atoms with Crippen LogP contribution >= 0.6 is 23.1 Å². The summed E-state index contributed by atoms with van der Waals surface area (Å²) in [5, 5.41) is 13.7. The predicted octanol–water partition coefficient (Wildman–Crippen LogP) is 3.34. The number of para-hydroxylation sites is 1. The van der Waals surface area contributed by atoms with Gasteiger partial charge < -0.3 is 10.4 Å². The number of thioether (sulfide) groups is 1. The number of hydrogen-bond acceptors (Lipinski definition) is 4. The number of hydrogen-bond donors (Lipinski definition) is 2. The second-order valence-corrected chi connectivity index (χ2v) is 7.23. The van der Waals surface area contributed by atoms with Gasteiger partial charge in [0.05, 0.1) is 6.42 Å². The van der Waals surface area contributed by atoms with Crippen molar-refractivity contribution in [2.24, 2.45) is 0 Å². The van der Waals surface area contributed by atoms with E-state index >= 15 is 0 Å². The number of carbonyl (C=O) groups is 2. The minimum atomic E-state index is -0.908. The highest BCUT2D eigenvalue weighted by Crippen LogP contribution is 2.40. The van der Waals surface area contributed by atoms with Crippen LogP contribution in [0.2, 0.25) is 0 Å². The number of amides is 1. The molecule has 0 fully saturated rings. The SMILES string of the molecule is O=C(O)Cc1ccccc1NC(=O)C1SCCc2sccc21. The molecule has 22 heavy (non-hydrogen) atoms. The highest BCUT2D eigenvalue weighted by Gasteiger charge is 2.28. The van der Waals surface area contributed by atoms with Crippen molar-refractivity contribution in [3.05, 3.63) is 51.7 Å². The molecule has 2 aromatic rings. The van der Waals surface area contributed by atoms with Crippen LogP contribution in [0.4, 0.5) is 5.69 Å². The van der Waals surface area contributed by atoms with Crippen LogP contribution in [0.15, 0.2) is 35.7 Å². The Bertz CT molecular complexity index is 711. The monoisotopic (exact) mass is 333 g/mol. The van der Waals surface area contributed by atoms with Crippen molar-refractivity contribution in [3.63, 3.8) is 0 Å². The topological polar surface area (TPSA) is 66.4 Å². The minimum absolute atomic E-state index is 0.0813. The number of thiophene rings is 1. The number of rotatable bonds is 4. The number of carboxylic acids is 1. The lowest BCUT2D eigenvalue weighted by Gasteiger charge is -2.22. The first-order valence-electron chi connectivity index (χ1n) is 6.93. The van der Waals surface area contributed by atoms with E-state index in [4.69, 9.17) is 5.11 Å². The average molecular weight is 333 g/mol. The van der Waals surface area contributed by atoms with E-state index in [1.807, 2.05) is 11.4 Å². The molecule has 1 aromatic heterocycles. The van der Waals surface area contributed by atoms with Gasteiger partial charge in [0, 0.05) is 10.6 Å². The molecule has 0 radical (unpaired) electrons. The maximum Gasteiger partial charge on any atom is 0.307 e. The van der Waals surface area contributed by atoms with E-state index in [1.54, 1.807) is 47.4 Å². The summed E-state index contributed by atoms with van der Waals surface area (Å²) in [5.41, 5.74) is 2.29. The number of nitrogens with one attached hydrogen (secondary N) is 1. The average Bonchev–Trinajstić information content (AvgIpc) is 2.97. The second-order valence-electron chi connectivity index (χ2n) is 5.02. The van der Waals surface area contributed by atoms with Gasteiger partial charge >= 0.3 is 5.97 Å². The number of benzene rings is 1. The number of carboxylic acid groups (broad SMARTS) is 1. The summed E-state index contributed by atoms with van der Waals surface area (Å²) in [6.07, 6.45) is 0.912. The predicted molar refractivity (Wildman–Crippen MR) is 89.6 cm³/mol. The lowest BCUT2D eigenvalue weighted by atomic mass is 10.1. The quantitative estimate of drug-likeness (QED) is 0.900. The minimum Gasteiger partial charge on any atom is -0.481 e. The van der Waals surface area contributed by atoms with Gasteiger partial charge in [0.1, 0.15) is 5.25 Å². The molecule has 2 N–H and O–H groups in total. The lowest BCUT2D eigenvalue weighted by Crippen LogP contribution is -2.23. The Labute approximate surface area is 136 Å². The van der Waals surface area contributed by atoms with E-state index in [2.05, 4.69) is 5.32 Å². The van der Waals surface area contributed by atoms with Gasteiger partial charge in [-0.2, -0.15) is 0 Å². The normalized spacial score (nSPS) is 16.8. The Morgan fingerprint density at radius 1 is 1.27 bits per heavy atom. The van der Waals surface area contributed by atoms with Gasteiger partial charge in [-0.05, 0) is 40.8 Å². The molecule has 1 aliphatic rings. The van der Waals surface area contributed by atoms with Gasteiger partial charge in [-0.15, -0.1) is 23.1 Å². The van der Waals surface area contributed by atoms with Crippen LogP contribution < -0.4 is 5.32 Å². The molecule has 6 heteroatoms. The zero-order chi connectivity index (χ0) is 15.5. The molecular formula is C16H15NO3S2. The van der Waals surface area contributed by atoms with Crippen LogP contribution in [0.25, 0.3) is 0 Å². The maximum atomic E-state index is 12.6. The number of aryl methyl sites for hydroxylation is 1. The van der Waals surface area contributed by atoms with Gasteiger partial charge in [0.2, 0.25) is 5.91 Å². The Morgan fingerprint density at radius 2 is 2.09 bits per heavy atom. The molecule has 2 heterocycles. The number of aliphatic carboxylic acids is 1. The molecule has 0 spiro atoms. The van der Waals surface area contributed by atoms with Crippen LogP contribution in [0.5, 0.6) is 0 Å². The first-order valence-corrected chi connectivity index (χ1v) is 8.86. The van der Waals surface area contributed by atoms with Crippen molar-refractivity contribution < 1.29 is 14.7 Å². The molecule has 0 saturated heterocycles. The van der Waals surface area contributed by atoms with Crippen LogP contribution in [-0.4, -0.2) is 22.7 Å². The van der Waals surface area contributed by atoms with E-state index in [-0.39, 0.29) is 17.6 Å². The third-order valence-corrected chi connectivity index (χ3v) is 5.77. The van der Waals surface area contributed by atoms with Crippen LogP contribution in [-0.2, 0) is 22.4 Å². The summed E-state index contributed by atoms with van der Waals surface area (Å²) in [6.45, 7) is 0. The fraction of sp³-hybridized carbons (Fsp3) is 0.250. The lowest BCUT2D eigenvalue weighted by molar-refractivity contribution is -0.136. The number of anilines is 1. The molecule has 1 aromatic carbocycles. The summed E-state index contributed by atoms with van der Waals surface area (Å²) < 4.78 is 0. The third kappa shape index (κ3) is 3.18. The van der Waals surface area contributed by atoms with Gasteiger partial charge in [-0.25, -0.2) is 0 Å². The highest BCUT2D eigenvalue weighted by molar-refractivity contribution is 8.00. The zero-order valence-corrected chi connectivity index (χ0v) is 13.4. The maximum absolute atomic E-state index is 12.6. The first kappa shape index (κ1) is 15.1. The zero-order valence-electron chi connectivity index (χ0n) is 11.7. The Morgan fingerprint density at radius 3 is 2.91 bits per heavy atom. The molecule has 0 saturated carbocycles. The van der Waals surface area contributed by atoms with Crippen LogP contribution in [0, 0.1) is 0 Å². The molecule has 1 atom stereocenters. The molecule has 0 bridgehead atoms. The smallest absolute Gasteiger partial charge is 0.307 e. The van der Waals surface area contributed by atoms with Gasteiger partial charge in [-0.3, -0.25) is 9.59 Å². The van der Waals surface area contributed by atoms with Crippen molar-refractivity contribution >= 4 is 40.7 Å². The van der Waals surface area contributed by atoms with Crippen molar-refractivity contribution in [2.75, 3.05) is 11.1 Å². The van der Waals surface area contributed by atoms with Crippen LogP contribution in [0.1, 0.15) is 21.3 Å². The molecule has 1 unspecified atom stereocenters. The van der Waals surface area contributed by atoms with E-state index in [0.29, 0.717) is 11.3 Å². The van der Waals surface area contributed by atoms with Crippen molar-refractivity contribution in [3.8, 4) is 0 Å². The number of fused-ring (bicyclic) bond motifs is 1. The second kappa shape index (κ2) is 6.54. The molecule has 3 rings (SSSR count). The number of carbonyl (C=O) groups excluding carboxylic acids is 1. The van der Waals surface area contributed by atoms with E-state index in [9.17, 15) is 9.59 Å². The fourth-order valence-corrected chi connectivity index (χ4v) is 4.81. The standard InChI is InChI=1S/C16H15NO3S2/c18-14(19)9-10-3-1-2-4-12(10)17-16(20)15-11-5-7-21-13(11)6-8-22-15/h1-5,7,15H,6,8-9H2,(H,17,20)(H,18,19). The van der Waals surface area contributed by atoms with Crippen LogP contribution in [0.3, 0.4) is 0 Å². The molecule has 114 valence electrons. The summed E-state index contributed by atoms with van der Waals surface area (Å²) in [7, 11) is 0. The van der Waals surface area contributed by atoms with Gasteiger partial charge in [0.15, 0.2) is 0 Å². The molecule has 1 amide bonds.